The minimum atomic E-state index is -3.72. The predicted molar refractivity (Wildman–Crippen MR) is 95.0 cm³/mol. The maximum absolute atomic E-state index is 11.9. The van der Waals surface area contributed by atoms with Gasteiger partial charge in [0.1, 0.15) is 0 Å². The maximum atomic E-state index is 11.9. The van der Waals surface area contributed by atoms with Gasteiger partial charge in [0, 0.05) is 24.0 Å². The topological polar surface area (TPSA) is 109 Å². The molecule has 0 atom stereocenters. The number of aromatic amines is 1. The monoisotopic (exact) mass is 356 g/mol. The van der Waals surface area contributed by atoms with Crippen molar-refractivity contribution in [2.75, 3.05) is 6.54 Å². The minimum Gasteiger partial charge on any atom is -0.267 e. The molecule has 1 aliphatic heterocycles. The zero-order chi connectivity index (χ0) is 17.6. The van der Waals surface area contributed by atoms with Crippen molar-refractivity contribution in [3.05, 3.63) is 63.9 Å². The van der Waals surface area contributed by atoms with Crippen molar-refractivity contribution in [3.63, 3.8) is 0 Å². The van der Waals surface area contributed by atoms with Gasteiger partial charge in [0.05, 0.1) is 11.1 Å². The van der Waals surface area contributed by atoms with Crippen LogP contribution in [0.1, 0.15) is 11.1 Å². The van der Waals surface area contributed by atoms with Gasteiger partial charge in [-0.15, -0.1) is 0 Å². The van der Waals surface area contributed by atoms with Crippen molar-refractivity contribution in [1.29, 1.82) is 0 Å². The molecular formula is C17H16N4O3S. The van der Waals surface area contributed by atoms with E-state index in [0.717, 1.165) is 22.1 Å². The summed E-state index contributed by atoms with van der Waals surface area (Å²) in [4.78, 5) is 11.9. The lowest BCUT2D eigenvalue weighted by atomic mass is 9.96. The van der Waals surface area contributed by atoms with Gasteiger partial charge in [-0.05, 0) is 29.7 Å². The van der Waals surface area contributed by atoms with Gasteiger partial charge < -0.3 is 0 Å². The summed E-state index contributed by atoms with van der Waals surface area (Å²) in [6.45, 7) is 0.619. The summed E-state index contributed by atoms with van der Waals surface area (Å²) in [7, 11) is -3.72. The lowest BCUT2D eigenvalue weighted by Gasteiger charge is -2.26. The Bertz CT molecular complexity index is 1140. The number of H-pyrrole nitrogens is 1. The molecule has 0 saturated carbocycles. The molecule has 0 saturated heterocycles. The summed E-state index contributed by atoms with van der Waals surface area (Å²) in [5, 5.41) is 13.3. The van der Waals surface area contributed by atoms with E-state index in [1.54, 1.807) is 12.1 Å². The van der Waals surface area contributed by atoms with Crippen LogP contribution in [0.25, 0.3) is 22.0 Å². The van der Waals surface area contributed by atoms with Crippen LogP contribution in [0.4, 0.5) is 0 Å². The molecule has 3 N–H and O–H groups in total. The highest BCUT2D eigenvalue weighted by Gasteiger charge is 2.24. The van der Waals surface area contributed by atoms with E-state index >= 15 is 0 Å². The van der Waals surface area contributed by atoms with Gasteiger partial charge in [0.15, 0.2) is 0 Å². The molecule has 1 aliphatic rings. The van der Waals surface area contributed by atoms with Crippen molar-refractivity contribution in [3.8, 4) is 11.3 Å². The second-order valence-corrected chi connectivity index (χ2v) is 7.61. The average molecular weight is 356 g/mol. The number of hydrogen-bond donors (Lipinski definition) is 2. The van der Waals surface area contributed by atoms with Crippen molar-refractivity contribution < 1.29 is 8.42 Å². The van der Waals surface area contributed by atoms with Gasteiger partial charge in [-0.1, -0.05) is 30.3 Å². The Hall–Kier alpha value is -2.55. The number of fused-ring (bicyclic) bond motifs is 2. The quantitative estimate of drug-likeness (QED) is 0.718. The largest absolute Gasteiger partial charge is 0.277 e. The average Bonchev–Trinajstić information content (AvgIpc) is 2.60. The number of nitrogens with one attached hydrogen (secondary N) is 1. The SMILES string of the molecule is NS(=O)(=O)N1CCc2ccc(-c3n[nH]c(=O)c4ccccc34)cc2C1. The zero-order valence-corrected chi connectivity index (χ0v) is 14.1. The van der Waals surface area contributed by atoms with Gasteiger partial charge in [-0.25, -0.2) is 10.2 Å². The van der Waals surface area contributed by atoms with Crippen LogP contribution in [0.3, 0.4) is 0 Å². The van der Waals surface area contributed by atoms with E-state index in [2.05, 4.69) is 10.2 Å². The summed E-state index contributed by atoms with van der Waals surface area (Å²) in [5.74, 6) is 0. The zero-order valence-electron chi connectivity index (χ0n) is 13.3. The molecular weight excluding hydrogens is 340 g/mol. The number of rotatable bonds is 2. The predicted octanol–water partition coefficient (Wildman–Crippen LogP) is 1.15. The molecule has 4 rings (SSSR count). The minimum absolute atomic E-state index is 0.238. The number of nitrogens with two attached hydrogens (primary N) is 1. The highest BCUT2D eigenvalue weighted by Crippen LogP contribution is 2.29. The van der Waals surface area contributed by atoms with E-state index in [-0.39, 0.29) is 12.1 Å². The fourth-order valence-corrected chi connectivity index (χ4v) is 3.90. The van der Waals surface area contributed by atoms with Gasteiger partial charge in [0.25, 0.3) is 15.8 Å². The van der Waals surface area contributed by atoms with Gasteiger partial charge >= 0.3 is 0 Å². The van der Waals surface area contributed by atoms with Crippen molar-refractivity contribution in [2.45, 2.75) is 13.0 Å². The highest BCUT2D eigenvalue weighted by molar-refractivity contribution is 7.86. The highest BCUT2D eigenvalue weighted by atomic mass is 32.2. The van der Waals surface area contributed by atoms with Gasteiger partial charge in [-0.2, -0.15) is 17.8 Å². The lowest BCUT2D eigenvalue weighted by Crippen LogP contribution is -2.40. The standard InChI is InChI=1S/C17H16N4O3S/c18-25(23,24)21-8-7-11-5-6-12(9-13(11)10-21)16-14-3-1-2-4-15(14)17(22)20-19-16/h1-6,9H,7-8,10H2,(H,20,22)(H2,18,23,24). The molecule has 0 bridgehead atoms. The van der Waals surface area contributed by atoms with Crippen LogP contribution in [-0.4, -0.2) is 29.5 Å². The van der Waals surface area contributed by atoms with E-state index in [1.165, 1.54) is 4.31 Å². The maximum Gasteiger partial charge on any atom is 0.277 e. The Morgan fingerprint density at radius 2 is 1.84 bits per heavy atom. The third-order valence-electron chi connectivity index (χ3n) is 4.51. The normalized spacial score (nSPS) is 15.2. The Labute approximate surface area is 144 Å². The molecule has 7 nitrogen and oxygen atoms in total. The first-order chi connectivity index (χ1) is 11.9. The second kappa shape index (κ2) is 5.76. The first kappa shape index (κ1) is 15.9. The number of aromatic nitrogens is 2. The molecule has 0 fully saturated rings. The molecule has 0 aliphatic carbocycles. The third kappa shape index (κ3) is 2.84. The molecule has 0 unspecified atom stereocenters. The second-order valence-electron chi connectivity index (χ2n) is 6.06. The van der Waals surface area contributed by atoms with Crippen LogP contribution >= 0.6 is 0 Å². The molecule has 2 heterocycles. The Kier molecular flexibility index (Phi) is 3.68. The van der Waals surface area contributed by atoms with E-state index < -0.39 is 10.2 Å². The van der Waals surface area contributed by atoms with Crippen LogP contribution in [0.15, 0.2) is 47.3 Å². The molecule has 0 radical (unpaired) electrons. The first-order valence-corrected chi connectivity index (χ1v) is 9.31. The number of benzene rings is 2. The molecule has 128 valence electrons. The van der Waals surface area contributed by atoms with Crippen LogP contribution in [0, 0.1) is 0 Å². The summed E-state index contributed by atoms with van der Waals surface area (Å²) in [6, 6.07) is 13.1. The van der Waals surface area contributed by atoms with Crippen LogP contribution in [-0.2, 0) is 23.2 Å². The molecule has 1 aromatic heterocycles. The summed E-state index contributed by atoms with van der Waals surface area (Å²) < 4.78 is 24.5. The van der Waals surface area contributed by atoms with E-state index in [1.807, 2.05) is 30.3 Å². The van der Waals surface area contributed by atoms with E-state index in [0.29, 0.717) is 24.0 Å². The van der Waals surface area contributed by atoms with E-state index in [9.17, 15) is 13.2 Å². The molecule has 3 aromatic rings. The Balaban J connectivity index is 1.84. The Morgan fingerprint density at radius 3 is 2.60 bits per heavy atom. The molecule has 25 heavy (non-hydrogen) atoms. The number of nitrogens with zero attached hydrogens (tertiary/aromatic N) is 2. The summed E-state index contributed by atoms with van der Waals surface area (Å²) >= 11 is 0. The van der Waals surface area contributed by atoms with Crippen molar-refractivity contribution in [1.82, 2.24) is 14.5 Å². The summed E-state index contributed by atoms with van der Waals surface area (Å²) in [6.07, 6.45) is 0.617. The Morgan fingerprint density at radius 1 is 1.08 bits per heavy atom. The third-order valence-corrected chi connectivity index (χ3v) is 5.54. The molecule has 2 aromatic carbocycles. The van der Waals surface area contributed by atoms with Crippen molar-refractivity contribution in [2.24, 2.45) is 5.14 Å². The molecule has 0 amide bonds. The number of hydrogen-bond acceptors (Lipinski definition) is 4. The summed E-state index contributed by atoms with van der Waals surface area (Å²) in [5.41, 5.74) is 3.23. The lowest BCUT2D eigenvalue weighted by molar-refractivity contribution is 0.392. The molecule has 0 spiro atoms. The van der Waals surface area contributed by atoms with Crippen LogP contribution in [0.2, 0.25) is 0 Å². The fourth-order valence-electron chi connectivity index (χ4n) is 3.23. The molecule has 8 heteroatoms. The fraction of sp³-hybridized carbons (Fsp3) is 0.176. The van der Waals surface area contributed by atoms with Crippen LogP contribution in [0.5, 0.6) is 0 Å². The van der Waals surface area contributed by atoms with Gasteiger partial charge in [0.2, 0.25) is 0 Å². The van der Waals surface area contributed by atoms with E-state index in [4.69, 9.17) is 5.14 Å². The smallest absolute Gasteiger partial charge is 0.267 e. The van der Waals surface area contributed by atoms with Crippen molar-refractivity contribution >= 4 is 21.0 Å². The van der Waals surface area contributed by atoms with Crippen LogP contribution < -0.4 is 10.7 Å². The first-order valence-electron chi connectivity index (χ1n) is 7.81. The van der Waals surface area contributed by atoms with Gasteiger partial charge in [-0.3, -0.25) is 4.79 Å².